The molecular formula is C22H21NO3. The van der Waals surface area contributed by atoms with Crippen LogP contribution in [0.1, 0.15) is 16.7 Å². The van der Waals surface area contributed by atoms with Gasteiger partial charge in [-0.15, -0.1) is 0 Å². The van der Waals surface area contributed by atoms with Gasteiger partial charge in [-0.2, -0.15) is 0 Å². The highest BCUT2D eigenvalue weighted by molar-refractivity contribution is 5.95. The van der Waals surface area contributed by atoms with Crippen LogP contribution in [0, 0.1) is 0 Å². The minimum Gasteiger partial charge on any atom is -0.508 e. The molecule has 0 heterocycles. The lowest BCUT2D eigenvalue weighted by Crippen LogP contribution is -2.28. The van der Waals surface area contributed by atoms with Crippen LogP contribution in [0.3, 0.4) is 0 Å². The van der Waals surface area contributed by atoms with E-state index in [4.69, 9.17) is 0 Å². The summed E-state index contributed by atoms with van der Waals surface area (Å²) in [5.41, 5.74) is 3.83. The molecular weight excluding hydrogens is 326 g/mol. The second-order valence-corrected chi connectivity index (χ2v) is 6.27. The van der Waals surface area contributed by atoms with E-state index in [1.165, 1.54) is 0 Å². The average molecular weight is 347 g/mol. The Morgan fingerprint density at radius 1 is 0.808 bits per heavy atom. The normalized spacial score (nSPS) is 10.5. The maximum absolute atomic E-state index is 12.7. The number of para-hydroxylation sites is 1. The second-order valence-electron chi connectivity index (χ2n) is 6.27. The first-order chi connectivity index (χ1) is 12.5. The van der Waals surface area contributed by atoms with Crippen LogP contribution in [0.25, 0.3) is 0 Å². The van der Waals surface area contributed by atoms with Gasteiger partial charge in [0.05, 0.1) is 6.42 Å². The van der Waals surface area contributed by atoms with Gasteiger partial charge in [0, 0.05) is 12.7 Å². The standard InChI is InChI=1S/C22H21NO3/c1-23(22(26)15-17-8-12-20(25)13-9-17)21-5-3-2-4-18(21)14-16-6-10-19(24)11-7-16/h2-13,24-25H,14-15H2,1H3. The molecule has 0 aromatic heterocycles. The van der Waals surface area contributed by atoms with Gasteiger partial charge in [-0.3, -0.25) is 4.79 Å². The van der Waals surface area contributed by atoms with Crippen molar-refractivity contribution in [2.45, 2.75) is 12.8 Å². The predicted molar refractivity (Wildman–Crippen MR) is 103 cm³/mol. The van der Waals surface area contributed by atoms with Gasteiger partial charge in [0.25, 0.3) is 0 Å². The number of carbonyl (C=O) groups excluding carboxylic acids is 1. The topological polar surface area (TPSA) is 60.8 Å². The van der Waals surface area contributed by atoms with Gasteiger partial charge >= 0.3 is 0 Å². The molecule has 0 bridgehead atoms. The van der Waals surface area contributed by atoms with Crippen LogP contribution < -0.4 is 4.90 Å². The number of phenols is 2. The first kappa shape index (κ1) is 17.5. The van der Waals surface area contributed by atoms with E-state index in [1.807, 2.05) is 36.4 Å². The maximum atomic E-state index is 12.7. The van der Waals surface area contributed by atoms with Crippen LogP contribution >= 0.6 is 0 Å². The highest BCUT2D eigenvalue weighted by Gasteiger charge is 2.15. The largest absolute Gasteiger partial charge is 0.508 e. The molecule has 0 aliphatic carbocycles. The Kier molecular flexibility index (Phi) is 5.23. The minimum atomic E-state index is -0.0196. The first-order valence-corrected chi connectivity index (χ1v) is 8.43. The van der Waals surface area contributed by atoms with Crippen LogP contribution in [0.4, 0.5) is 5.69 Å². The fourth-order valence-electron chi connectivity index (χ4n) is 2.86. The fourth-order valence-corrected chi connectivity index (χ4v) is 2.86. The Morgan fingerprint density at radius 2 is 1.35 bits per heavy atom. The second kappa shape index (κ2) is 7.74. The Bertz CT molecular complexity index is 886. The summed E-state index contributed by atoms with van der Waals surface area (Å²) in [4.78, 5) is 14.3. The van der Waals surface area contributed by atoms with Gasteiger partial charge < -0.3 is 15.1 Å². The number of likely N-dealkylation sites (N-methyl/N-ethyl adjacent to an activating group) is 1. The molecule has 0 saturated heterocycles. The van der Waals surface area contributed by atoms with Crippen molar-refractivity contribution >= 4 is 11.6 Å². The molecule has 132 valence electrons. The minimum absolute atomic E-state index is 0.0196. The number of rotatable bonds is 5. The smallest absolute Gasteiger partial charge is 0.231 e. The number of hydrogen-bond donors (Lipinski definition) is 2. The predicted octanol–water partition coefficient (Wildman–Crippen LogP) is 3.89. The summed E-state index contributed by atoms with van der Waals surface area (Å²) < 4.78 is 0. The van der Waals surface area contributed by atoms with Crippen LogP contribution in [-0.4, -0.2) is 23.2 Å². The Balaban J connectivity index is 1.78. The highest BCUT2D eigenvalue weighted by Crippen LogP contribution is 2.24. The third kappa shape index (κ3) is 4.22. The van der Waals surface area contributed by atoms with Gasteiger partial charge in [-0.05, 0) is 53.4 Å². The molecule has 3 rings (SSSR count). The number of phenolic OH excluding ortho intramolecular Hbond substituents is 2. The average Bonchev–Trinajstić information content (AvgIpc) is 2.65. The van der Waals surface area contributed by atoms with Crippen molar-refractivity contribution in [2.75, 3.05) is 11.9 Å². The van der Waals surface area contributed by atoms with E-state index in [2.05, 4.69) is 0 Å². The monoisotopic (exact) mass is 347 g/mol. The summed E-state index contributed by atoms with van der Waals surface area (Å²) in [6.07, 6.45) is 0.942. The van der Waals surface area contributed by atoms with Crippen LogP contribution in [0.2, 0.25) is 0 Å². The molecule has 1 amide bonds. The summed E-state index contributed by atoms with van der Waals surface area (Å²) in [7, 11) is 1.78. The van der Waals surface area contributed by atoms with Crippen molar-refractivity contribution in [1.29, 1.82) is 0 Å². The Hall–Kier alpha value is -3.27. The lowest BCUT2D eigenvalue weighted by Gasteiger charge is -2.21. The molecule has 0 fully saturated rings. The quantitative estimate of drug-likeness (QED) is 0.736. The van der Waals surface area contributed by atoms with Gasteiger partial charge in [0.2, 0.25) is 5.91 Å². The van der Waals surface area contributed by atoms with E-state index in [-0.39, 0.29) is 23.8 Å². The van der Waals surface area contributed by atoms with Crippen molar-refractivity contribution in [3.63, 3.8) is 0 Å². The summed E-state index contributed by atoms with van der Waals surface area (Å²) in [5, 5.41) is 18.8. The Morgan fingerprint density at radius 3 is 1.96 bits per heavy atom. The van der Waals surface area contributed by atoms with E-state index >= 15 is 0 Å². The lowest BCUT2D eigenvalue weighted by atomic mass is 10.0. The number of carbonyl (C=O) groups is 1. The molecule has 4 heteroatoms. The van der Waals surface area contributed by atoms with Gasteiger partial charge in [-0.1, -0.05) is 42.5 Å². The zero-order valence-electron chi connectivity index (χ0n) is 14.6. The van der Waals surface area contributed by atoms with Crippen molar-refractivity contribution in [3.05, 3.63) is 89.5 Å². The number of hydrogen-bond acceptors (Lipinski definition) is 3. The van der Waals surface area contributed by atoms with Gasteiger partial charge in [-0.25, -0.2) is 0 Å². The zero-order valence-corrected chi connectivity index (χ0v) is 14.6. The van der Waals surface area contributed by atoms with E-state index in [0.717, 1.165) is 22.4 Å². The number of anilines is 1. The van der Waals surface area contributed by atoms with Crippen molar-refractivity contribution in [1.82, 2.24) is 0 Å². The molecule has 0 aliphatic rings. The lowest BCUT2D eigenvalue weighted by molar-refractivity contribution is -0.117. The summed E-state index contributed by atoms with van der Waals surface area (Å²) in [5.74, 6) is 0.408. The molecule has 0 saturated carbocycles. The molecule has 26 heavy (non-hydrogen) atoms. The molecule has 0 unspecified atom stereocenters. The summed E-state index contributed by atoms with van der Waals surface area (Å²) in [6, 6.07) is 21.6. The van der Waals surface area contributed by atoms with E-state index in [9.17, 15) is 15.0 Å². The number of aromatic hydroxyl groups is 2. The third-order valence-electron chi connectivity index (χ3n) is 4.35. The summed E-state index contributed by atoms with van der Waals surface area (Å²) >= 11 is 0. The van der Waals surface area contributed by atoms with E-state index in [1.54, 1.807) is 48.3 Å². The van der Waals surface area contributed by atoms with Gasteiger partial charge in [0.1, 0.15) is 11.5 Å². The molecule has 2 N–H and O–H groups in total. The highest BCUT2D eigenvalue weighted by atomic mass is 16.3. The number of nitrogens with zero attached hydrogens (tertiary/aromatic N) is 1. The van der Waals surface area contributed by atoms with Crippen molar-refractivity contribution in [3.8, 4) is 11.5 Å². The summed E-state index contributed by atoms with van der Waals surface area (Å²) in [6.45, 7) is 0. The zero-order chi connectivity index (χ0) is 18.5. The fraction of sp³-hybridized carbons (Fsp3) is 0.136. The van der Waals surface area contributed by atoms with Crippen molar-refractivity contribution < 1.29 is 15.0 Å². The number of amides is 1. The van der Waals surface area contributed by atoms with E-state index < -0.39 is 0 Å². The maximum Gasteiger partial charge on any atom is 0.231 e. The molecule has 4 nitrogen and oxygen atoms in total. The van der Waals surface area contributed by atoms with Crippen molar-refractivity contribution in [2.24, 2.45) is 0 Å². The molecule has 3 aromatic carbocycles. The molecule has 3 aromatic rings. The van der Waals surface area contributed by atoms with E-state index in [0.29, 0.717) is 6.42 Å². The molecule has 0 aliphatic heterocycles. The molecule has 0 atom stereocenters. The number of benzene rings is 3. The van der Waals surface area contributed by atoms with Crippen LogP contribution in [-0.2, 0) is 17.6 Å². The van der Waals surface area contributed by atoms with Crippen LogP contribution in [0.5, 0.6) is 11.5 Å². The first-order valence-electron chi connectivity index (χ1n) is 8.43. The van der Waals surface area contributed by atoms with Crippen LogP contribution in [0.15, 0.2) is 72.8 Å². The third-order valence-corrected chi connectivity index (χ3v) is 4.35. The Labute approximate surface area is 153 Å². The molecule has 0 radical (unpaired) electrons. The SMILES string of the molecule is CN(C(=O)Cc1ccc(O)cc1)c1ccccc1Cc1ccc(O)cc1. The molecule has 0 spiro atoms. The van der Waals surface area contributed by atoms with Gasteiger partial charge in [0.15, 0.2) is 0 Å².